The van der Waals surface area contributed by atoms with E-state index in [4.69, 9.17) is 16.6 Å². The van der Waals surface area contributed by atoms with Crippen LogP contribution in [0.15, 0.2) is 0 Å². The van der Waals surface area contributed by atoms with E-state index in [2.05, 4.69) is 5.32 Å². The molecule has 0 saturated heterocycles. The van der Waals surface area contributed by atoms with Crippen LogP contribution in [0.1, 0.15) is 19.3 Å². The molecule has 0 saturated carbocycles. The lowest BCUT2D eigenvalue weighted by molar-refractivity contribution is -0.142. The lowest BCUT2D eigenvalue weighted by atomic mass is 10.1. The summed E-state index contributed by atoms with van der Waals surface area (Å²) in [6, 6.07) is -2.14. The van der Waals surface area contributed by atoms with E-state index in [-0.39, 0.29) is 25.0 Å². The zero-order valence-corrected chi connectivity index (χ0v) is 11.4. The number of carbonyl (C=O) groups is 3. The van der Waals surface area contributed by atoms with Gasteiger partial charge in [-0.05, 0) is 12.8 Å². The average Bonchev–Trinajstić information content (AvgIpc) is 2.30. The molecule has 0 aliphatic rings. The van der Waals surface area contributed by atoms with Crippen molar-refractivity contribution in [1.82, 2.24) is 5.32 Å². The summed E-state index contributed by atoms with van der Waals surface area (Å²) >= 11 is 0. The summed E-state index contributed by atoms with van der Waals surface area (Å²) in [6.07, 6.45) is 1.49. The fraction of sp³-hybridized carbons (Fsp3) is 0.700. The van der Waals surface area contributed by atoms with Gasteiger partial charge in [0.05, 0.1) is 6.04 Å². The second-order valence-electron chi connectivity index (χ2n) is 4.08. The van der Waals surface area contributed by atoms with Crippen LogP contribution in [-0.2, 0) is 25.2 Å². The number of hydrogen-bond donors (Lipinski definition) is 4. The van der Waals surface area contributed by atoms with Gasteiger partial charge in [-0.25, -0.2) is 4.79 Å². The topological polar surface area (TPSA) is 153 Å². The molecule has 0 radical (unpaired) electrons. The average molecular weight is 293 g/mol. The van der Waals surface area contributed by atoms with Crippen molar-refractivity contribution in [2.45, 2.75) is 31.3 Å². The monoisotopic (exact) mass is 293 g/mol. The minimum atomic E-state index is -1.22. The van der Waals surface area contributed by atoms with Gasteiger partial charge >= 0.3 is 5.97 Å². The van der Waals surface area contributed by atoms with Crippen LogP contribution in [0, 0.1) is 0 Å². The maximum atomic E-state index is 11.6. The molecule has 110 valence electrons. The van der Waals surface area contributed by atoms with Gasteiger partial charge in [0.1, 0.15) is 6.04 Å². The number of nitrogens with one attached hydrogen (secondary N) is 1. The summed E-state index contributed by atoms with van der Waals surface area (Å²) in [5, 5.41) is 11.2. The number of aliphatic carboxylic acids is 1. The van der Waals surface area contributed by atoms with Gasteiger partial charge in [-0.15, -0.1) is 0 Å². The number of amides is 2. The summed E-state index contributed by atoms with van der Waals surface area (Å²) in [5.74, 6) is -2.32. The Bertz CT molecular complexity index is 374. The molecule has 0 bridgehead atoms. The number of carbonyl (C=O) groups excluding carboxylic acids is 2. The molecule has 0 rings (SSSR count). The number of primary amides is 1. The zero-order valence-electron chi connectivity index (χ0n) is 10.6. The fourth-order valence-electron chi connectivity index (χ4n) is 1.25. The van der Waals surface area contributed by atoms with Crippen molar-refractivity contribution in [3.05, 3.63) is 0 Å². The molecule has 0 heterocycles. The van der Waals surface area contributed by atoms with Crippen LogP contribution < -0.4 is 16.8 Å². The summed E-state index contributed by atoms with van der Waals surface area (Å²) in [7, 11) is -1.14. The fourth-order valence-corrected chi connectivity index (χ4v) is 1.82. The Morgan fingerprint density at radius 3 is 2.32 bits per heavy atom. The summed E-state index contributed by atoms with van der Waals surface area (Å²) < 4.78 is 10.9. The predicted molar refractivity (Wildman–Crippen MR) is 69.5 cm³/mol. The zero-order chi connectivity index (χ0) is 15.0. The van der Waals surface area contributed by atoms with Crippen molar-refractivity contribution >= 4 is 28.6 Å². The Labute approximate surface area is 113 Å². The Kier molecular flexibility index (Phi) is 7.92. The lowest BCUT2D eigenvalue weighted by Crippen LogP contribution is -2.49. The molecule has 0 spiro atoms. The van der Waals surface area contributed by atoms with E-state index in [9.17, 15) is 18.6 Å². The van der Waals surface area contributed by atoms with Gasteiger partial charge in [-0.3, -0.25) is 13.8 Å². The molecule has 8 nitrogen and oxygen atoms in total. The molecular weight excluding hydrogens is 274 g/mol. The molecule has 0 aromatic rings. The van der Waals surface area contributed by atoms with E-state index in [0.29, 0.717) is 0 Å². The van der Waals surface area contributed by atoms with E-state index >= 15 is 0 Å². The quantitative estimate of drug-likeness (QED) is 0.382. The largest absolute Gasteiger partial charge is 0.480 e. The van der Waals surface area contributed by atoms with Crippen LogP contribution in [-0.4, -0.2) is 51.2 Å². The molecule has 3 unspecified atom stereocenters. The standard InChI is InChI=1S/C10H19N3O5S/c1-19(18)5-4-7(10(16)17)13-9(15)6(11)2-3-8(12)14/h6-7H,2-5,11H2,1H3,(H2,12,14)(H,13,15)(H,16,17). The molecule has 6 N–H and O–H groups in total. The first-order valence-electron chi connectivity index (χ1n) is 5.61. The third kappa shape index (κ3) is 8.27. The number of carboxylic acids is 1. The smallest absolute Gasteiger partial charge is 0.326 e. The molecule has 3 atom stereocenters. The van der Waals surface area contributed by atoms with Crippen LogP contribution >= 0.6 is 0 Å². The van der Waals surface area contributed by atoms with Crippen molar-refractivity contribution < 1.29 is 23.7 Å². The van der Waals surface area contributed by atoms with Crippen molar-refractivity contribution in [2.75, 3.05) is 12.0 Å². The highest BCUT2D eigenvalue weighted by Gasteiger charge is 2.23. The lowest BCUT2D eigenvalue weighted by Gasteiger charge is -2.17. The molecule has 0 aliphatic heterocycles. The molecule has 0 aromatic heterocycles. The van der Waals surface area contributed by atoms with Gasteiger partial charge in [0.2, 0.25) is 11.8 Å². The predicted octanol–water partition coefficient (Wildman–Crippen LogP) is -2.08. The third-order valence-corrected chi connectivity index (χ3v) is 3.16. The molecule has 19 heavy (non-hydrogen) atoms. The van der Waals surface area contributed by atoms with Crippen molar-refractivity contribution in [1.29, 1.82) is 0 Å². The first kappa shape index (κ1) is 17.5. The molecule has 2 amide bonds. The van der Waals surface area contributed by atoms with Gasteiger partial charge in [0, 0.05) is 29.2 Å². The van der Waals surface area contributed by atoms with E-state index in [0.717, 1.165) is 0 Å². The van der Waals surface area contributed by atoms with Crippen LogP contribution in [0.25, 0.3) is 0 Å². The summed E-state index contributed by atoms with van der Waals surface area (Å²) in [5.41, 5.74) is 10.4. The highest BCUT2D eigenvalue weighted by molar-refractivity contribution is 7.84. The van der Waals surface area contributed by atoms with Gasteiger partial charge in [0.15, 0.2) is 0 Å². The van der Waals surface area contributed by atoms with Crippen LogP contribution in [0.3, 0.4) is 0 Å². The van der Waals surface area contributed by atoms with E-state index in [1.807, 2.05) is 0 Å². The van der Waals surface area contributed by atoms with Crippen LogP contribution in [0.2, 0.25) is 0 Å². The highest BCUT2D eigenvalue weighted by Crippen LogP contribution is 1.99. The van der Waals surface area contributed by atoms with E-state index in [1.165, 1.54) is 6.26 Å². The molecule has 0 fully saturated rings. The van der Waals surface area contributed by atoms with E-state index in [1.54, 1.807) is 0 Å². The molecule has 0 aliphatic carbocycles. The van der Waals surface area contributed by atoms with Gasteiger partial charge in [0.25, 0.3) is 0 Å². The number of rotatable bonds is 9. The van der Waals surface area contributed by atoms with Gasteiger partial charge in [-0.1, -0.05) is 0 Å². The Balaban J connectivity index is 4.33. The van der Waals surface area contributed by atoms with Crippen molar-refractivity contribution in [3.63, 3.8) is 0 Å². The highest BCUT2D eigenvalue weighted by atomic mass is 32.2. The third-order valence-electron chi connectivity index (χ3n) is 2.35. The number of hydrogen-bond acceptors (Lipinski definition) is 5. The van der Waals surface area contributed by atoms with Crippen molar-refractivity contribution in [2.24, 2.45) is 11.5 Å². The first-order valence-corrected chi connectivity index (χ1v) is 7.33. The minimum absolute atomic E-state index is 0.0483. The normalized spacial score (nSPS) is 15.3. The van der Waals surface area contributed by atoms with Gasteiger partial charge in [-0.2, -0.15) is 0 Å². The first-order chi connectivity index (χ1) is 8.73. The number of carboxylic acid groups (broad SMARTS) is 1. The SMILES string of the molecule is CS(=O)CCC(NC(=O)C(N)CCC(N)=O)C(=O)O. The Morgan fingerprint density at radius 1 is 1.32 bits per heavy atom. The second-order valence-corrected chi connectivity index (χ2v) is 5.63. The Morgan fingerprint density at radius 2 is 1.89 bits per heavy atom. The minimum Gasteiger partial charge on any atom is -0.480 e. The van der Waals surface area contributed by atoms with Crippen molar-refractivity contribution in [3.8, 4) is 0 Å². The van der Waals surface area contributed by atoms with Crippen LogP contribution in [0.4, 0.5) is 0 Å². The maximum absolute atomic E-state index is 11.6. The second kappa shape index (κ2) is 8.59. The van der Waals surface area contributed by atoms with Gasteiger partial charge < -0.3 is 21.9 Å². The summed E-state index contributed by atoms with van der Waals surface area (Å²) in [4.78, 5) is 33.0. The molecular formula is C10H19N3O5S. The van der Waals surface area contributed by atoms with Crippen LogP contribution in [0.5, 0.6) is 0 Å². The molecule has 9 heteroatoms. The maximum Gasteiger partial charge on any atom is 0.326 e. The summed E-state index contributed by atoms with van der Waals surface area (Å²) in [6.45, 7) is 0. The molecule has 0 aromatic carbocycles. The Hall–Kier alpha value is -1.48. The van der Waals surface area contributed by atoms with E-state index < -0.39 is 40.7 Å². The number of nitrogens with two attached hydrogens (primary N) is 2.